The SMILES string of the molecule is O=C(NC[C@]1(O)CCN(c2cnccn2)C[C@H]1O)c1ccccn1. The minimum Gasteiger partial charge on any atom is -0.388 e. The molecule has 0 unspecified atom stereocenters. The van der Waals surface area contributed by atoms with E-state index in [4.69, 9.17) is 0 Å². The molecule has 3 heterocycles. The van der Waals surface area contributed by atoms with E-state index in [0.717, 1.165) is 0 Å². The highest BCUT2D eigenvalue weighted by Crippen LogP contribution is 2.25. The fourth-order valence-electron chi connectivity index (χ4n) is 2.65. The van der Waals surface area contributed by atoms with E-state index >= 15 is 0 Å². The smallest absolute Gasteiger partial charge is 0.269 e. The number of carbonyl (C=O) groups is 1. The van der Waals surface area contributed by atoms with Crippen LogP contribution in [0.2, 0.25) is 0 Å². The zero-order valence-corrected chi connectivity index (χ0v) is 13.0. The minimum absolute atomic E-state index is 0.0438. The second-order valence-corrected chi connectivity index (χ2v) is 5.78. The van der Waals surface area contributed by atoms with E-state index in [1.165, 1.54) is 6.20 Å². The maximum absolute atomic E-state index is 12.0. The number of hydrogen-bond acceptors (Lipinski definition) is 7. The Morgan fingerprint density at radius 3 is 2.88 bits per heavy atom. The third kappa shape index (κ3) is 3.50. The van der Waals surface area contributed by atoms with Gasteiger partial charge in [-0.1, -0.05) is 6.07 Å². The van der Waals surface area contributed by atoms with Crippen LogP contribution in [0.1, 0.15) is 16.9 Å². The molecule has 1 aliphatic rings. The zero-order valence-electron chi connectivity index (χ0n) is 13.0. The molecule has 0 aromatic carbocycles. The standard InChI is InChI=1S/C16H19N5O3/c22-13-10-21(14-9-17-6-7-19-14)8-4-16(13,24)11-20-15(23)12-3-1-2-5-18-12/h1-3,5-7,9,13,22,24H,4,8,10-11H2,(H,20,23)/t13-,16-/m1/s1. The number of pyridine rings is 1. The molecule has 24 heavy (non-hydrogen) atoms. The summed E-state index contributed by atoms with van der Waals surface area (Å²) in [6, 6.07) is 5.02. The fraction of sp³-hybridized carbons (Fsp3) is 0.375. The van der Waals surface area contributed by atoms with E-state index in [1.54, 1.807) is 36.8 Å². The van der Waals surface area contributed by atoms with Crippen LogP contribution in [0.4, 0.5) is 5.82 Å². The molecular weight excluding hydrogens is 310 g/mol. The highest BCUT2D eigenvalue weighted by molar-refractivity contribution is 5.92. The van der Waals surface area contributed by atoms with E-state index < -0.39 is 11.7 Å². The fourth-order valence-corrected chi connectivity index (χ4v) is 2.65. The molecule has 3 N–H and O–H groups in total. The lowest BCUT2D eigenvalue weighted by Crippen LogP contribution is -2.60. The number of aromatic nitrogens is 3. The summed E-state index contributed by atoms with van der Waals surface area (Å²) in [5, 5.41) is 23.6. The van der Waals surface area contributed by atoms with Gasteiger partial charge in [0.2, 0.25) is 0 Å². The maximum Gasteiger partial charge on any atom is 0.269 e. The molecule has 8 nitrogen and oxygen atoms in total. The van der Waals surface area contributed by atoms with Gasteiger partial charge in [-0.05, 0) is 18.6 Å². The van der Waals surface area contributed by atoms with Crippen LogP contribution in [0, 0.1) is 0 Å². The summed E-state index contributed by atoms with van der Waals surface area (Å²) in [5.41, 5.74) is -1.11. The Kier molecular flexibility index (Phi) is 4.68. The summed E-state index contributed by atoms with van der Waals surface area (Å²) >= 11 is 0. The van der Waals surface area contributed by atoms with Gasteiger partial charge in [0.15, 0.2) is 0 Å². The Labute approximate surface area is 139 Å². The highest BCUT2D eigenvalue weighted by atomic mass is 16.3. The number of carbonyl (C=O) groups excluding carboxylic acids is 1. The van der Waals surface area contributed by atoms with Crippen molar-refractivity contribution in [2.24, 2.45) is 0 Å². The van der Waals surface area contributed by atoms with Crippen LogP contribution in [0.25, 0.3) is 0 Å². The maximum atomic E-state index is 12.0. The normalized spacial score (nSPS) is 23.8. The summed E-state index contributed by atoms with van der Waals surface area (Å²) in [7, 11) is 0. The summed E-state index contributed by atoms with van der Waals surface area (Å²) in [5.74, 6) is 0.267. The molecule has 0 aliphatic carbocycles. The molecule has 0 radical (unpaired) electrons. The lowest BCUT2D eigenvalue weighted by Gasteiger charge is -2.42. The van der Waals surface area contributed by atoms with Gasteiger partial charge in [0.05, 0.1) is 6.20 Å². The first-order chi connectivity index (χ1) is 11.6. The molecule has 1 aliphatic heterocycles. The molecule has 0 spiro atoms. The van der Waals surface area contributed by atoms with E-state index in [1.807, 2.05) is 4.90 Å². The molecule has 2 aromatic heterocycles. The van der Waals surface area contributed by atoms with Gasteiger partial charge in [-0.25, -0.2) is 4.98 Å². The van der Waals surface area contributed by atoms with Crippen LogP contribution in [0.15, 0.2) is 43.0 Å². The number of piperidine rings is 1. The van der Waals surface area contributed by atoms with E-state index in [9.17, 15) is 15.0 Å². The molecule has 2 aromatic rings. The van der Waals surface area contributed by atoms with Crippen molar-refractivity contribution in [3.05, 3.63) is 48.7 Å². The Balaban J connectivity index is 1.59. The van der Waals surface area contributed by atoms with Crippen molar-refractivity contribution >= 4 is 11.7 Å². The Morgan fingerprint density at radius 1 is 1.33 bits per heavy atom. The predicted molar refractivity (Wildman–Crippen MR) is 86.4 cm³/mol. The number of aliphatic hydroxyl groups excluding tert-OH is 1. The van der Waals surface area contributed by atoms with E-state index in [2.05, 4.69) is 20.3 Å². The molecule has 1 fully saturated rings. The lowest BCUT2D eigenvalue weighted by atomic mass is 9.88. The Bertz CT molecular complexity index is 685. The molecule has 126 valence electrons. The average Bonchev–Trinajstić information content (AvgIpc) is 2.64. The van der Waals surface area contributed by atoms with Crippen molar-refractivity contribution < 1.29 is 15.0 Å². The van der Waals surface area contributed by atoms with Crippen LogP contribution in [0.3, 0.4) is 0 Å². The van der Waals surface area contributed by atoms with Gasteiger partial charge in [0, 0.05) is 38.2 Å². The molecule has 1 amide bonds. The third-order valence-corrected chi connectivity index (χ3v) is 4.15. The number of hydrogen-bond donors (Lipinski definition) is 3. The van der Waals surface area contributed by atoms with Gasteiger partial charge < -0.3 is 20.4 Å². The predicted octanol–water partition coefficient (Wildman–Crippen LogP) is -0.396. The van der Waals surface area contributed by atoms with Crippen LogP contribution < -0.4 is 10.2 Å². The average molecular weight is 329 g/mol. The van der Waals surface area contributed by atoms with Gasteiger partial charge >= 0.3 is 0 Å². The second-order valence-electron chi connectivity index (χ2n) is 5.78. The number of β-amino-alcohol motifs (C(OH)–C–C–N with tert-alkyl or cyclic N) is 1. The lowest BCUT2D eigenvalue weighted by molar-refractivity contribution is -0.0825. The van der Waals surface area contributed by atoms with Crippen molar-refractivity contribution in [2.45, 2.75) is 18.1 Å². The summed E-state index contributed by atoms with van der Waals surface area (Å²) in [6.45, 7) is 0.679. The van der Waals surface area contributed by atoms with Crippen molar-refractivity contribution in [3.63, 3.8) is 0 Å². The first-order valence-corrected chi connectivity index (χ1v) is 7.69. The first kappa shape index (κ1) is 16.3. The van der Waals surface area contributed by atoms with Crippen LogP contribution in [0.5, 0.6) is 0 Å². The van der Waals surface area contributed by atoms with Crippen molar-refractivity contribution in [1.82, 2.24) is 20.3 Å². The highest BCUT2D eigenvalue weighted by Gasteiger charge is 2.41. The Morgan fingerprint density at radius 2 is 2.21 bits per heavy atom. The zero-order chi connectivity index (χ0) is 17.0. The molecule has 0 saturated carbocycles. The first-order valence-electron chi connectivity index (χ1n) is 7.69. The number of nitrogens with one attached hydrogen (secondary N) is 1. The Hall–Kier alpha value is -2.58. The van der Waals surface area contributed by atoms with Crippen molar-refractivity contribution in [2.75, 3.05) is 24.5 Å². The number of aliphatic hydroxyl groups is 2. The van der Waals surface area contributed by atoms with Gasteiger partial charge in [0.25, 0.3) is 5.91 Å². The van der Waals surface area contributed by atoms with Crippen LogP contribution in [-0.4, -0.2) is 62.4 Å². The summed E-state index contributed by atoms with van der Waals surface area (Å²) in [6.07, 6.45) is 5.57. The minimum atomic E-state index is -1.39. The van der Waals surface area contributed by atoms with Gasteiger partial charge in [-0.3, -0.25) is 14.8 Å². The van der Waals surface area contributed by atoms with Crippen molar-refractivity contribution in [3.8, 4) is 0 Å². The topological polar surface area (TPSA) is 111 Å². The quantitative estimate of drug-likeness (QED) is 0.700. The third-order valence-electron chi connectivity index (χ3n) is 4.15. The largest absolute Gasteiger partial charge is 0.388 e. The van der Waals surface area contributed by atoms with Crippen LogP contribution >= 0.6 is 0 Å². The van der Waals surface area contributed by atoms with Gasteiger partial charge in [-0.2, -0.15) is 0 Å². The van der Waals surface area contributed by atoms with E-state index in [-0.39, 0.29) is 24.7 Å². The molecule has 0 bridgehead atoms. The van der Waals surface area contributed by atoms with Crippen LogP contribution in [-0.2, 0) is 0 Å². The van der Waals surface area contributed by atoms with E-state index in [0.29, 0.717) is 18.8 Å². The van der Waals surface area contributed by atoms with Crippen molar-refractivity contribution in [1.29, 1.82) is 0 Å². The molecule has 3 rings (SSSR count). The molecule has 2 atom stereocenters. The molecule has 1 saturated heterocycles. The monoisotopic (exact) mass is 329 g/mol. The molecular formula is C16H19N5O3. The summed E-state index contributed by atoms with van der Waals surface area (Å²) in [4.78, 5) is 26.0. The second kappa shape index (κ2) is 6.90. The number of amides is 1. The number of anilines is 1. The van der Waals surface area contributed by atoms with Gasteiger partial charge in [0.1, 0.15) is 23.2 Å². The number of rotatable bonds is 4. The number of nitrogens with zero attached hydrogens (tertiary/aromatic N) is 4. The van der Waals surface area contributed by atoms with Gasteiger partial charge in [-0.15, -0.1) is 0 Å². The molecule has 8 heteroatoms. The summed E-state index contributed by atoms with van der Waals surface area (Å²) < 4.78 is 0.